The second kappa shape index (κ2) is 5.67. The summed E-state index contributed by atoms with van der Waals surface area (Å²) in [6, 6.07) is 4.13. The lowest BCUT2D eigenvalue weighted by molar-refractivity contribution is -0.0526. The van der Waals surface area contributed by atoms with Crippen LogP contribution in [0.4, 0.5) is 5.82 Å². The molecule has 0 aromatic carbocycles. The van der Waals surface area contributed by atoms with E-state index in [1.54, 1.807) is 0 Å². The quantitative estimate of drug-likeness (QED) is 0.887. The van der Waals surface area contributed by atoms with E-state index in [-0.39, 0.29) is 5.60 Å². The van der Waals surface area contributed by atoms with Gasteiger partial charge in [-0.2, -0.15) is 0 Å². The average molecular weight is 249 g/mol. The van der Waals surface area contributed by atoms with Gasteiger partial charge in [0, 0.05) is 39.0 Å². The van der Waals surface area contributed by atoms with Crippen LogP contribution in [0.25, 0.3) is 0 Å². The molecule has 1 atom stereocenters. The first-order valence-electron chi connectivity index (χ1n) is 6.56. The molecule has 2 heterocycles. The Bertz CT molecular complexity index is 396. The molecule has 1 saturated heterocycles. The topological polar surface area (TPSA) is 37.4 Å². The maximum absolute atomic E-state index is 5.63. The normalized spacial score (nSPS) is 25.1. The molecule has 0 saturated carbocycles. The number of likely N-dealkylation sites (tertiary alicyclic amines) is 1. The molecule has 0 amide bonds. The van der Waals surface area contributed by atoms with Gasteiger partial charge in [0.25, 0.3) is 0 Å². The number of anilines is 1. The molecule has 0 aliphatic carbocycles. The summed E-state index contributed by atoms with van der Waals surface area (Å²) < 4.78 is 5.63. The lowest BCUT2D eigenvalue weighted by Gasteiger charge is -2.39. The molecule has 100 valence electrons. The van der Waals surface area contributed by atoms with Crippen molar-refractivity contribution in [2.24, 2.45) is 0 Å². The smallest absolute Gasteiger partial charge is 0.130 e. The number of hydrogen-bond donors (Lipinski definition) is 1. The maximum atomic E-state index is 5.63. The van der Waals surface area contributed by atoms with Gasteiger partial charge in [0.2, 0.25) is 0 Å². The van der Waals surface area contributed by atoms with Crippen molar-refractivity contribution in [3.05, 3.63) is 23.9 Å². The van der Waals surface area contributed by atoms with E-state index < -0.39 is 0 Å². The van der Waals surface area contributed by atoms with Crippen LogP contribution in [0.5, 0.6) is 0 Å². The lowest BCUT2D eigenvalue weighted by atomic mass is 9.94. The molecule has 1 aromatic heterocycles. The van der Waals surface area contributed by atoms with Crippen molar-refractivity contribution in [2.45, 2.75) is 31.9 Å². The number of nitrogens with zero attached hydrogens (tertiary/aromatic N) is 2. The molecular formula is C14H23N3O. The number of piperidine rings is 1. The molecule has 1 unspecified atom stereocenters. The Labute approximate surface area is 109 Å². The van der Waals surface area contributed by atoms with E-state index in [0.717, 1.165) is 31.9 Å². The highest BCUT2D eigenvalue weighted by Crippen LogP contribution is 2.25. The Morgan fingerprint density at radius 3 is 3.11 bits per heavy atom. The van der Waals surface area contributed by atoms with Crippen molar-refractivity contribution < 1.29 is 4.74 Å². The zero-order valence-electron chi connectivity index (χ0n) is 11.6. The van der Waals surface area contributed by atoms with E-state index >= 15 is 0 Å². The van der Waals surface area contributed by atoms with Crippen molar-refractivity contribution in [2.75, 3.05) is 32.6 Å². The highest BCUT2D eigenvalue weighted by Gasteiger charge is 2.30. The minimum atomic E-state index is 0.000263. The first-order valence-corrected chi connectivity index (χ1v) is 6.56. The fourth-order valence-electron chi connectivity index (χ4n) is 2.64. The maximum Gasteiger partial charge on any atom is 0.130 e. The summed E-state index contributed by atoms with van der Waals surface area (Å²) in [5.74, 6) is 0.974. The van der Waals surface area contributed by atoms with E-state index in [1.165, 1.54) is 12.0 Å². The summed E-state index contributed by atoms with van der Waals surface area (Å²) in [5, 5.41) is 3.15. The number of aromatic nitrogens is 1. The summed E-state index contributed by atoms with van der Waals surface area (Å²) in [4.78, 5) is 6.80. The number of ether oxygens (including phenoxy) is 1. The largest absolute Gasteiger partial charge is 0.377 e. The second-order valence-corrected chi connectivity index (χ2v) is 5.23. The molecule has 1 N–H and O–H groups in total. The van der Waals surface area contributed by atoms with Crippen LogP contribution in [0.1, 0.15) is 25.3 Å². The first kappa shape index (κ1) is 13.3. The fraction of sp³-hybridized carbons (Fsp3) is 0.643. The molecular weight excluding hydrogens is 226 g/mol. The van der Waals surface area contributed by atoms with Crippen LogP contribution < -0.4 is 5.32 Å². The molecule has 4 nitrogen and oxygen atoms in total. The van der Waals surface area contributed by atoms with Gasteiger partial charge >= 0.3 is 0 Å². The second-order valence-electron chi connectivity index (χ2n) is 5.23. The third-order valence-electron chi connectivity index (χ3n) is 3.75. The predicted octanol–water partition coefficient (Wildman–Crippen LogP) is 2.12. The van der Waals surface area contributed by atoms with Gasteiger partial charge in [0.15, 0.2) is 0 Å². The molecule has 0 bridgehead atoms. The molecule has 4 heteroatoms. The van der Waals surface area contributed by atoms with Crippen molar-refractivity contribution in [3.8, 4) is 0 Å². The van der Waals surface area contributed by atoms with Gasteiger partial charge in [-0.15, -0.1) is 0 Å². The van der Waals surface area contributed by atoms with Crippen molar-refractivity contribution >= 4 is 5.82 Å². The number of rotatable bonds is 4. The van der Waals surface area contributed by atoms with Gasteiger partial charge in [0.05, 0.1) is 5.60 Å². The van der Waals surface area contributed by atoms with Crippen molar-refractivity contribution in [1.29, 1.82) is 0 Å². The summed E-state index contributed by atoms with van der Waals surface area (Å²) >= 11 is 0. The monoisotopic (exact) mass is 249 g/mol. The van der Waals surface area contributed by atoms with Crippen molar-refractivity contribution in [1.82, 2.24) is 9.88 Å². The number of methoxy groups -OCH3 is 1. The molecule has 18 heavy (non-hydrogen) atoms. The van der Waals surface area contributed by atoms with Gasteiger partial charge < -0.3 is 10.1 Å². The molecule has 2 rings (SSSR count). The van der Waals surface area contributed by atoms with Crippen LogP contribution in [-0.4, -0.2) is 42.7 Å². The Kier molecular flexibility index (Phi) is 4.19. The van der Waals surface area contributed by atoms with Gasteiger partial charge in [-0.3, -0.25) is 4.90 Å². The van der Waals surface area contributed by atoms with Crippen LogP contribution in [-0.2, 0) is 11.3 Å². The fourth-order valence-corrected chi connectivity index (χ4v) is 2.64. The van der Waals surface area contributed by atoms with E-state index in [4.69, 9.17) is 4.74 Å². The Balaban J connectivity index is 2.05. The van der Waals surface area contributed by atoms with Crippen LogP contribution in [0.2, 0.25) is 0 Å². The molecule has 1 aliphatic heterocycles. The van der Waals surface area contributed by atoms with Crippen molar-refractivity contribution in [3.63, 3.8) is 0 Å². The number of pyridine rings is 1. The Morgan fingerprint density at radius 1 is 1.56 bits per heavy atom. The third kappa shape index (κ3) is 3.00. The SMILES string of the molecule is CNc1ncccc1CN1CCCC(C)(OC)C1. The highest BCUT2D eigenvalue weighted by atomic mass is 16.5. The van der Waals surface area contributed by atoms with Gasteiger partial charge in [0.1, 0.15) is 5.82 Å². The van der Waals surface area contributed by atoms with E-state index in [9.17, 15) is 0 Å². The molecule has 1 fully saturated rings. The summed E-state index contributed by atoms with van der Waals surface area (Å²) in [6.07, 6.45) is 4.16. The minimum absolute atomic E-state index is 0.000263. The van der Waals surface area contributed by atoms with Gasteiger partial charge in [-0.05, 0) is 32.4 Å². The summed E-state index contributed by atoms with van der Waals surface area (Å²) in [6.45, 7) is 5.25. The van der Waals surface area contributed by atoms with E-state index in [1.807, 2.05) is 26.4 Å². The van der Waals surface area contributed by atoms with Crippen LogP contribution >= 0.6 is 0 Å². The Hall–Kier alpha value is -1.13. The molecule has 1 aromatic rings. The van der Waals surface area contributed by atoms with Crippen LogP contribution in [0, 0.1) is 0 Å². The summed E-state index contributed by atoms with van der Waals surface area (Å²) in [5.41, 5.74) is 1.25. The van der Waals surface area contributed by atoms with E-state index in [0.29, 0.717) is 0 Å². The molecule has 0 spiro atoms. The van der Waals surface area contributed by atoms with Crippen LogP contribution in [0.3, 0.4) is 0 Å². The van der Waals surface area contributed by atoms with Crippen LogP contribution in [0.15, 0.2) is 18.3 Å². The molecule has 0 radical (unpaired) electrons. The average Bonchev–Trinajstić information content (AvgIpc) is 2.39. The third-order valence-corrected chi connectivity index (χ3v) is 3.75. The zero-order valence-corrected chi connectivity index (χ0v) is 11.6. The van der Waals surface area contributed by atoms with E-state index in [2.05, 4.69) is 28.2 Å². The molecule has 1 aliphatic rings. The lowest BCUT2D eigenvalue weighted by Crippen LogP contribution is -2.46. The standard InChI is InChI=1S/C14H23N3O/c1-14(18-3)7-5-9-17(11-14)10-12-6-4-8-16-13(12)15-2/h4,6,8H,5,7,9-11H2,1-3H3,(H,15,16). The number of hydrogen-bond acceptors (Lipinski definition) is 4. The number of nitrogens with one attached hydrogen (secondary N) is 1. The first-order chi connectivity index (χ1) is 8.67. The predicted molar refractivity (Wildman–Crippen MR) is 73.7 cm³/mol. The highest BCUT2D eigenvalue weighted by molar-refractivity contribution is 5.42. The summed E-state index contributed by atoms with van der Waals surface area (Å²) in [7, 11) is 3.73. The van der Waals surface area contributed by atoms with Gasteiger partial charge in [-0.25, -0.2) is 4.98 Å². The zero-order chi connectivity index (χ0) is 13.0. The Morgan fingerprint density at radius 2 is 2.39 bits per heavy atom. The minimum Gasteiger partial charge on any atom is -0.377 e. The van der Waals surface area contributed by atoms with Gasteiger partial charge in [-0.1, -0.05) is 6.07 Å².